The number of aliphatic hydroxyl groups excluding tert-OH is 1. The molecule has 3 aliphatic rings. The number of hydrogen-bond acceptors (Lipinski definition) is 7. The van der Waals surface area contributed by atoms with E-state index in [1.54, 1.807) is 32.9 Å². The van der Waals surface area contributed by atoms with Gasteiger partial charge in [-0.05, 0) is 50.3 Å². The van der Waals surface area contributed by atoms with Gasteiger partial charge >= 0.3 is 5.97 Å². The Kier molecular flexibility index (Phi) is 7.47. The molecule has 38 heavy (non-hydrogen) atoms. The van der Waals surface area contributed by atoms with Gasteiger partial charge < -0.3 is 25.4 Å². The number of hydrogen-bond donors (Lipinski definition) is 4. The molecular formula is C30H39NO7. The molecule has 0 radical (unpaired) electrons. The second kappa shape index (κ2) is 10.1. The minimum atomic E-state index is -1.86. The molecule has 1 aliphatic heterocycles. The number of ketones is 1. The second-order valence-electron chi connectivity index (χ2n) is 11.7. The lowest BCUT2D eigenvalue weighted by Crippen LogP contribution is -2.68. The first kappa shape index (κ1) is 28.2. The molecule has 10 atom stereocenters. The maximum Gasteiger partial charge on any atom is 0.303 e. The number of carbonyl (C=O) groups is 3. The van der Waals surface area contributed by atoms with Crippen molar-refractivity contribution in [3.63, 3.8) is 0 Å². The third-order valence-corrected chi connectivity index (χ3v) is 9.08. The summed E-state index contributed by atoms with van der Waals surface area (Å²) in [6, 6.07) is 9.21. The topological polar surface area (TPSA) is 133 Å². The number of nitrogens with one attached hydrogen (secondary N) is 1. The Bertz CT molecular complexity index is 1140. The number of ether oxygens (including phenoxy) is 1. The van der Waals surface area contributed by atoms with Crippen LogP contribution in [0.25, 0.3) is 0 Å². The predicted molar refractivity (Wildman–Crippen MR) is 141 cm³/mol. The Morgan fingerprint density at radius 1 is 1.11 bits per heavy atom. The molecule has 1 amide bonds. The Morgan fingerprint density at radius 2 is 1.76 bits per heavy atom. The van der Waals surface area contributed by atoms with Gasteiger partial charge in [-0.3, -0.25) is 14.4 Å². The quantitative estimate of drug-likeness (QED) is 0.351. The summed E-state index contributed by atoms with van der Waals surface area (Å²) in [4.78, 5) is 39.6. The first-order chi connectivity index (χ1) is 17.7. The van der Waals surface area contributed by atoms with Crippen molar-refractivity contribution >= 4 is 17.7 Å². The lowest BCUT2D eigenvalue weighted by atomic mass is 9.48. The summed E-state index contributed by atoms with van der Waals surface area (Å²) in [7, 11) is 0. The molecule has 0 aromatic heterocycles. The Labute approximate surface area is 223 Å². The van der Waals surface area contributed by atoms with Crippen molar-refractivity contribution in [2.24, 2.45) is 29.1 Å². The summed E-state index contributed by atoms with van der Waals surface area (Å²) in [6.07, 6.45) is 4.23. The summed E-state index contributed by atoms with van der Waals surface area (Å²) in [6.45, 7) is 7.67. The molecule has 0 bridgehead atoms. The lowest BCUT2D eigenvalue weighted by Gasteiger charge is -2.57. The van der Waals surface area contributed by atoms with Gasteiger partial charge in [0.1, 0.15) is 17.1 Å². The Balaban J connectivity index is 1.97. The van der Waals surface area contributed by atoms with Gasteiger partial charge in [0.05, 0.1) is 11.7 Å². The number of Topliss-reactive ketones (excluding diaryl/α,β-unsaturated/α-hetero) is 1. The van der Waals surface area contributed by atoms with Gasteiger partial charge in [0.2, 0.25) is 5.91 Å². The Morgan fingerprint density at radius 3 is 2.39 bits per heavy atom. The molecule has 1 aromatic rings. The van der Waals surface area contributed by atoms with Crippen molar-refractivity contribution in [1.82, 2.24) is 5.32 Å². The van der Waals surface area contributed by atoms with E-state index < -0.39 is 76.2 Å². The Hall–Kier alpha value is -2.81. The van der Waals surface area contributed by atoms with E-state index in [1.807, 2.05) is 30.3 Å². The van der Waals surface area contributed by atoms with Gasteiger partial charge in [0.25, 0.3) is 0 Å². The third kappa shape index (κ3) is 4.52. The van der Waals surface area contributed by atoms with Crippen LogP contribution in [0.3, 0.4) is 0 Å². The van der Waals surface area contributed by atoms with Crippen LogP contribution in [0.4, 0.5) is 0 Å². The molecule has 206 valence electrons. The number of carbonyl (C=O) groups excluding carboxylic acids is 3. The minimum Gasteiger partial charge on any atom is -0.457 e. The standard InChI is InChI=1S/C30H39NO7/c1-17-10-9-13-21-26(34)29(5,37)18(2)24-22(16-20-11-7-6-8-12-20)31-27(35)30(21,24)23(38-19(3)32)14-15-28(4,36)25(17)33/h6-9,11-15,17-18,21-24,26,34,36-37H,10,16H2,1-5H3,(H,31,35)/t17-,18-,21-,22-,23+,24-,26-,28+,29-,30+/m0/s1. The molecule has 4 N–H and O–H groups in total. The zero-order valence-corrected chi connectivity index (χ0v) is 22.6. The monoisotopic (exact) mass is 525 g/mol. The van der Waals surface area contributed by atoms with Crippen molar-refractivity contribution in [2.45, 2.75) is 76.9 Å². The van der Waals surface area contributed by atoms with Crippen LogP contribution in [0, 0.1) is 29.1 Å². The van der Waals surface area contributed by atoms with E-state index >= 15 is 0 Å². The van der Waals surface area contributed by atoms with Crippen molar-refractivity contribution in [3.05, 3.63) is 60.2 Å². The highest BCUT2D eigenvalue weighted by molar-refractivity contribution is 5.91. The average Bonchev–Trinajstić information content (AvgIpc) is 3.13. The predicted octanol–water partition coefficient (Wildman–Crippen LogP) is 2.11. The number of rotatable bonds is 3. The number of amides is 1. The van der Waals surface area contributed by atoms with Gasteiger partial charge in [0, 0.05) is 30.7 Å². The number of esters is 1. The average molecular weight is 526 g/mol. The third-order valence-electron chi connectivity index (χ3n) is 9.08. The van der Waals surface area contributed by atoms with Gasteiger partial charge in [-0.2, -0.15) is 0 Å². The van der Waals surface area contributed by atoms with Gasteiger partial charge in [0.15, 0.2) is 5.78 Å². The highest BCUT2D eigenvalue weighted by Gasteiger charge is 2.72. The van der Waals surface area contributed by atoms with Crippen LogP contribution in [0.15, 0.2) is 54.6 Å². The van der Waals surface area contributed by atoms with E-state index in [0.29, 0.717) is 6.42 Å². The highest BCUT2D eigenvalue weighted by Crippen LogP contribution is 2.60. The summed E-state index contributed by atoms with van der Waals surface area (Å²) >= 11 is 0. The first-order valence-corrected chi connectivity index (χ1v) is 13.3. The van der Waals surface area contributed by atoms with E-state index in [2.05, 4.69) is 5.32 Å². The van der Waals surface area contributed by atoms with Crippen molar-refractivity contribution < 1.29 is 34.4 Å². The van der Waals surface area contributed by atoms with Crippen LogP contribution in [-0.4, -0.2) is 62.4 Å². The highest BCUT2D eigenvalue weighted by atomic mass is 16.5. The molecule has 4 rings (SSSR count). The fraction of sp³-hybridized carbons (Fsp3) is 0.567. The smallest absolute Gasteiger partial charge is 0.303 e. The second-order valence-corrected chi connectivity index (χ2v) is 11.7. The fourth-order valence-electron chi connectivity index (χ4n) is 6.95. The molecule has 1 heterocycles. The van der Waals surface area contributed by atoms with E-state index in [1.165, 1.54) is 26.0 Å². The van der Waals surface area contributed by atoms with E-state index in [9.17, 15) is 29.7 Å². The molecule has 0 unspecified atom stereocenters. The van der Waals surface area contributed by atoms with E-state index in [0.717, 1.165) is 5.56 Å². The summed E-state index contributed by atoms with van der Waals surface area (Å²) < 4.78 is 5.79. The number of benzene rings is 1. The lowest BCUT2D eigenvalue weighted by molar-refractivity contribution is -0.217. The SMILES string of the molecule is CC(=O)O[C@@H]1C=C[C@@](C)(O)C(=O)[C@@H](C)CC=C[C@H]2[C@H](O)[C@@](C)(O)[C@@H](C)[C@H]3[C@H](Cc4ccccc4)NC(=O)[C@@]312. The van der Waals surface area contributed by atoms with Crippen LogP contribution in [0.5, 0.6) is 0 Å². The molecule has 1 saturated heterocycles. The van der Waals surface area contributed by atoms with Crippen LogP contribution < -0.4 is 5.32 Å². The first-order valence-electron chi connectivity index (χ1n) is 13.3. The van der Waals surface area contributed by atoms with Gasteiger partial charge in [-0.25, -0.2) is 0 Å². The normalized spacial score (nSPS) is 43.0. The van der Waals surface area contributed by atoms with Crippen molar-refractivity contribution in [3.8, 4) is 0 Å². The number of allylic oxidation sites excluding steroid dienone is 1. The largest absolute Gasteiger partial charge is 0.457 e. The van der Waals surface area contributed by atoms with Crippen LogP contribution in [0.1, 0.15) is 46.6 Å². The van der Waals surface area contributed by atoms with Crippen LogP contribution >= 0.6 is 0 Å². The van der Waals surface area contributed by atoms with E-state index in [-0.39, 0.29) is 6.42 Å². The van der Waals surface area contributed by atoms with Gasteiger partial charge in [-0.1, -0.05) is 56.3 Å². The molecule has 1 spiro atoms. The maximum absolute atomic E-state index is 14.2. The summed E-state index contributed by atoms with van der Waals surface area (Å²) in [5.41, 5.74) is -3.95. The van der Waals surface area contributed by atoms with Gasteiger partial charge in [-0.15, -0.1) is 0 Å². The zero-order valence-electron chi connectivity index (χ0n) is 22.6. The van der Waals surface area contributed by atoms with E-state index in [4.69, 9.17) is 4.74 Å². The summed E-state index contributed by atoms with van der Waals surface area (Å²) in [5.74, 6) is -4.14. The van der Waals surface area contributed by atoms with Crippen molar-refractivity contribution in [2.75, 3.05) is 0 Å². The number of aliphatic hydroxyl groups is 3. The van der Waals surface area contributed by atoms with Crippen LogP contribution in [-0.2, 0) is 25.5 Å². The maximum atomic E-state index is 14.2. The molecule has 1 aromatic carbocycles. The van der Waals surface area contributed by atoms with Crippen molar-refractivity contribution in [1.29, 1.82) is 0 Å². The molecule has 8 heteroatoms. The molecule has 8 nitrogen and oxygen atoms in total. The van der Waals surface area contributed by atoms with Crippen LogP contribution in [0.2, 0.25) is 0 Å². The molecule has 2 fully saturated rings. The zero-order chi connectivity index (χ0) is 28.0. The molecule has 2 aliphatic carbocycles. The molecular weight excluding hydrogens is 486 g/mol. The molecule has 1 saturated carbocycles. The fourth-order valence-corrected chi connectivity index (χ4v) is 6.95. The minimum absolute atomic E-state index is 0.262. The summed E-state index contributed by atoms with van der Waals surface area (Å²) in [5, 5.41) is 37.3.